The van der Waals surface area contributed by atoms with Crippen molar-refractivity contribution in [3.63, 3.8) is 0 Å². The molecule has 6 rings (SSSR count). The van der Waals surface area contributed by atoms with Crippen LogP contribution in [-0.2, 0) is 14.3 Å². The molecule has 4 aliphatic rings. The second-order valence-electron chi connectivity index (χ2n) is 8.16. The minimum Gasteiger partial charge on any atom is -0.481 e. The summed E-state index contributed by atoms with van der Waals surface area (Å²) in [6.07, 6.45) is 0.255. The molecule has 6 nitrogen and oxygen atoms in total. The molecule has 1 amide bonds. The van der Waals surface area contributed by atoms with Crippen LogP contribution in [0.2, 0.25) is 0 Å². The molecule has 28 heavy (non-hydrogen) atoms. The van der Waals surface area contributed by atoms with Crippen LogP contribution in [0, 0.1) is 5.41 Å². The minimum atomic E-state index is -0.866. The first-order valence-corrected chi connectivity index (χ1v) is 9.46. The Morgan fingerprint density at radius 3 is 2.25 bits per heavy atom. The number of amides is 1. The standard InChI is InChI=1S/C22H21NO5/c24-19(25)21-10-22(11-21,13-27-12-21)23-20(26)28-9-18-16-7-3-1-5-14(16)15-6-2-4-8-17(15)18/h1-8,18H,9-13H2,(H,23,26)(H,24,25). The highest BCUT2D eigenvalue weighted by Gasteiger charge is 2.63. The summed E-state index contributed by atoms with van der Waals surface area (Å²) in [5.74, 6) is -0.866. The molecule has 0 spiro atoms. The zero-order chi connectivity index (χ0) is 19.4. The second kappa shape index (κ2) is 6.07. The number of carbonyl (C=O) groups is 2. The van der Waals surface area contributed by atoms with Crippen LogP contribution >= 0.6 is 0 Å². The van der Waals surface area contributed by atoms with Gasteiger partial charge in [0.15, 0.2) is 0 Å². The summed E-state index contributed by atoms with van der Waals surface area (Å²) in [6, 6.07) is 16.3. The average Bonchev–Trinajstić information content (AvgIpc) is 3.00. The van der Waals surface area contributed by atoms with Gasteiger partial charge in [0.25, 0.3) is 0 Å². The van der Waals surface area contributed by atoms with Crippen LogP contribution < -0.4 is 5.32 Å². The second-order valence-corrected chi connectivity index (χ2v) is 8.16. The summed E-state index contributed by atoms with van der Waals surface area (Å²) in [6.45, 7) is 0.767. The average molecular weight is 379 g/mol. The fourth-order valence-corrected chi connectivity index (χ4v) is 5.08. The van der Waals surface area contributed by atoms with Crippen LogP contribution in [0.1, 0.15) is 29.9 Å². The normalized spacial score (nSPS) is 27.3. The SMILES string of the molecule is O=C(NC12COCC(C(=O)O)(C1)C2)OCC1c2ccccc2-c2ccccc21. The van der Waals surface area contributed by atoms with Gasteiger partial charge in [-0.1, -0.05) is 48.5 Å². The van der Waals surface area contributed by atoms with Gasteiger partial charge in [-0.15, -0.1) is 0 Å². The van der Waals surface area contributed by atoms with Crippen molar-refractivity contribution in [2.24, 2.45) is 5.41 Å². The van der Waals surface area contributed by atoms with Crippen molar-refractivity contribution in [3.8, 4) is 11.1 Å². The van der Waals surface area contributed by atoms with Crippen LogP contribution in [0.25, 0.3) is 11.1 Å². The number of alkyl carbamates (subject to hydrolysis) is 1. The Labute approximate surface area is 162 Å². The summed E-state index contributed by atoms with van der Waals surface area (Å²) < 4.78 is 11.0. The van der Waals surface area contributed by atoms with Crippen LogP contribution in [0.4, 0.5) is 4.79 Å². The van der Waals surface area contributed by atoms with Crippen molar-refractivity contribution >= 4 is 12.1 Å². The van der Waals surface area contributed by atoms with Crippen molar-refractivity contribution < 1.29 is 24.2 Å². The number of fused-ring (bicyclic) bond motifs is 5. The number of benzene rings is 2. The third-order valence-electron chi connectivity index (χ3n) is 6.27. The number of carboxylic acid groups (broad SMARTS) is 1. The number of rotatable bonds is 4. The van der Waals surface area contributed by atoms with E-state index in [-0.39, 0.29) is 19.1 Å². The minimum absolute atomic E-state index is 0.00208. The Bertz CT molecular complexity index is 917. The van der Waals surface area contributed by atoms with Crippen molar-refractivity contribution in [3.05, 3.63) is 59.7 Å². The van der Waals surface area contributed by atoms with Crippen LogP contribution in [0.15, 0.2) is 48.5 Å². The van der Waals surface area contributed by atoms with Gasteiger partial charge in [0, 0.05) is 5.92 Å². The maximum absolute atomic E-state index is 12.5. The summed E-state index contributed by atoms with van der Waals surface area (Å²) in [4.78, 5) is 23.9. The van der Waals surface area contributed by atoms with E-state index in [2.05, 4.69) is 29.6 Å². The van der Waals surface area contributed by atoms with E-state index in [0.29, 0.717) is 19.4 Å². The number of ether oxygens (including phenoxy) is 2. The van der Waals surface area contributed by atoms with E-state index in [0.717, 1.165) is 11.1 Å². The van der Waals surface area contributed by atoms with Gasteiger partial charge >= 0.3 is 12.1 Å². The van der Waals surface area contributed by atoms with Gasteiger partial charge in [-0.25, -0.2) is 4.79 Å². The van der Waals surface area contributed by atoms with Gasteiger partial charge < -0.3 is 19.9 Å². The number of hydrogen-bond acceptors (Lipinski definition) is 4. The number of carboxylic acids is 1. The molecule has 6 heteroatoms. The summed E-state index contributed by atoms with van der Waals surface area (Å²) >= 11 is 0. The monoisotopic (exact) mass is 379 g/mol. The number of nitrogens with one attached hydrogen (secondary N) is 1. The molecule has 3 fully saturated rings. The van der Waals surface area contributed by atoms with Crippen LogP contribution in [0.3, 0.4) is 0 Å². The molecule has 2 aromatic carbocycles. The van der Waals surface area contributed by atoms with Crippen molar-refractivity contribution in [1.82, 2.24) is 5.32 Å². The highest BCUT2D eigenvalue weighted by molar-refractivity contribution is 5.80. The molecule has 1 saturated carbocycles. The Kier molecular flexibility index (Phi) is 3.74. The zero-order valence-electron chi connectivity index (χ0n) is 15.3. The molecule has 0 atom stereocenters. The largest absolute Gasteiger partial charge is 0.481 e. The van der Waals surface area contributed by atoms with Crippen molar-refractivity contribution in [1.29, 1.82) is 0 Å². The van der Waals surface area contributed by atoms with E-state index < -0.39 is 23.0 Å². The van der Waals surface area contributed by atoms with Gasteiger partial charge in [0.1, 0.15) is 6.61 Å². The third-order valence-corrected chi connectivity index (χ3v) is 6.27. The lowest BCUT2D eigenvalue weighted by molar-refractivity contribution is -0.193. The summed E-state index contributed by atoms with van der Waals surface area (Å²) in [7, 11) is 0. The zero-order valence-corrected chi connectivity index (χ0v) is 15.3. The maximum Gasteiger partial charge on any atom is 0.407 e. The first kappa shape index (κ1) is 17.3. The maximum atomic E-state index is 12.5. The molecular formula is C22H21NO5. The smallest absolute Gasteiger partial charge is 0.407 e. The Morgan fingerprint density at radius 1 is 1.04 bits per heavy atom. The molecule has 2 bridgehead atoms. The molecule has 2 saturated heterocycles. The van der Waals surface area contributed by atoms with Gasteiger partial charge in [-0.05, 0) is 35.1 Å². The predicted molar refractivity (Wildman–Crippen MR) is 101 cm³/mol. The van der Waals surface area contributed by atoms with E-state index in [9.17, 15) is 14.7 Å². The lowest BCUT2D eigenvalue weighted by Crippen LogP contribution is -2.71. The van der Waals surface area contributed by atoms with Gasteiger partial charge in [-0.3, -0.25) is 4.79 Å². The van der Waals surface area contributed by atoms with Crippen LogP contribution in [-0.4, -0.2) is 42.5 Å². The number of carbonyl (C=O) groups excluding carboxylic acids is 1. The first-order chi connectivity index (χ1) is 13.5. The van der Waals surface area contributed by atoms with Gasteiger partial charge in [0.2, 0.25) is 0 Å². The predicted octanol–water partition coefficient (Wildman–Crippen LogP) is 3.16. The third kappa shape index (κ3) is 2.52. The topological polar surface area (TPSA) is 84.9 Å². The van der Waals surface area contributed by atoms with Gasteiger partial charge in [0.05, 0.1) is 24.2 Å². The van der Waals surface area contributed by atoms with Crippen molar-refractivity contribution in [2.45, 2.75) is 24.3 Å². The Hall–Kier alpha value is -2.86. The fraction of sp³-hybridized carbons (Fsp3) is 0.364. The lowest BCUT2D eigenvalue weighted by atomic mass is 9.56. The summed E-state index contributed by atoms with van der Waals surface area (Å²) in [5, 5.41) is 12.3. The first-order valence-electron chi connectivity index (χ1n) is 9.46. The Balaban J connectivity index is 1.27. The molecule has 0 radical (unpaired) electrons. The lowest BCUT2D eigenvalue weighted by Gasteiger charge is -2.57. The van der Waals surface area contributed by atoms with E-state index >= 15 is 0 Å². The van der Waals surface area contributed by atoms with Crippen LogP contribution in [0.5, 0.6) is 0 Å². The molecular weight excluding hydrogens is 358 g/mol. The van der Waals surface area contributed by atoms with E-state index in [1.165, 1.54) is 11.1 Å². The van der Waals surface area contributed by atoms with E-state index in [1.807, 2.05) is 24.3 Å². The quantitative estimate of drug-likeness (QED) is 0.852. The Morgan fingerprint density at radius 2 is 1.64 bits per heavy atom. The van der Waals surface area contributed by atoms with Gasteiger partial charge in [-0.2, -0.15) is 0 Å². The molecule has 0 aromatic heterocycles. The molecule has 2 aromatic rings. The van der Waals surface area contributed by atoms with E-state index in [1.54, 1.807) is 0 Å². The number of aliphatic carboxylic acids is 1. The molecule has 0 unspecified atom stereocenters. The highest BCUT2D eigenvalue weighted by atomic mass is 16.5. The highest BCUT2D eigenvalue weighted by Crippen LogP contribution is 2.52. The van der Waals surface area contributed by atoms with E-state index in [4.69, 9.17) is 9.47 Å². The molecule has 2 aliphatic carbocycles. The molecule has 144 valence electrons. The summed E-state index contributed by atoms with van der Waals surface area (Å²) in [5.41, 5.74) is 3.18. The van der Waals surface area contributed by atoms with Crippen molar-refractivity contribution in [2.75, 3.05) is 19.8 Å². The number of hydrogen-bond donors (Lipinski definition) is 2. The molecule has 2 N–H and O–H groups in total. The molecule has 2 heterocycles. The fourth-order valence-electron chi connectivity index (χ4n) is 5.08. The molecule has 2 aliphatic heterocycles.